The van der Waals surface area contributed by atoms with E-state index in [0.717, 1.165) is 4.47 Å². The Hall–Kier alpha value is -0.590. The van der Waals surface area contributed by atoms with Gasteiger partial charge >= 0.3 is 0 Å². The average Bonchev–Trinajstić information content (AvgIpc) is 2.26. The maximum atomic E-state index is 12.2. The molecule has 0 saturated carbocycles. The maximum absolute atomic E-state index is 12.2. The molecule has 0 aliphatic heterocycles. The predicted octanol–water partition coefficient (Wildman–Crippen LogP) is 2.51. The first-order valence-corrected chi connectivity index (χ1v) is 7.12. The lowest BCUT2D eigenvalue weighted by Crippen LogP contribution is -2.11. The van der Waals surface area contributed by atoms with E-state index in [0.29, 0.717) is 10.6 Å². The van der Waals surface area contributed by atoms with Crippen molar-refractivity contribution in [3.63, 3.8) is 0 Å². The van der Waals surface area contributed by atoms with Gasteiger partial charge in [0, 0.05) is 11.6 Å². The number of halogens is 1. The molecule has 0 aliphatic rings. The molecule has 0 heterocycles. The van der Waals surface area contributed by atoms with Crippen LogP contribution in [0.1, 0.15) is 0 Å². The summed E-state index contributed by atoms with van der Waals surface area (Å²) < 4.78 is 30.8. The summed E-state index contributed by atoms with van der Waals surface area (Å²) in [7, 11) is 0.152. The van der Waals surface area contributed by atoms with Crippen LogP contribution in [0.3, 0.4) is 0 Å². The Bertz CT molecular complexity index is 459. The molecule has 1 aromatic carbocycles. The van der Waals surface area contributed by atoms with Crippen LogP contribution >= 0.6 is 15.9 Å². The third-order valence-corrected chi connectivity index (χ3v) is 4.32. The third-order valence-electron chi connectivity index (χ3n) is 2.06. The Labute approximate surface area is 104 Å². The Balaban J connectivity index is 3.15. The van der Waals surface area contributed by atoms with Gasteiger partial charge < -0.3 is 9.47 Å². The number of nitrogens with one attached hydrogen (secondary N) is 1. The fourth-order valence-corrected chi connectivity index (χ4v) is 3.15. The Morgan fingerprint density at radius 3 is 2.69 bits per heavy atom. The molecule has 1 unspecified atom stereocenters. The molecule has 0 saturated heterocycles. The summed E-state index contributed by atoms with van der Waals surface area (Å²) in [6.45, 7) is 0.290. The fraction of sp³-hybridized carbons (Fsp3) is 0.400. The van der Waals surface area contributed by atoms with E-state index in [2.05, 4.69) is 15.9 Å². The van der Waals surface area contributed by atoms with Crippen LogP contribution in [-0.4, -0.2) is 30.8 Å². The predicted molar refractivity (Wildman–Crippen MR) is 66.6 cm³/mol. The summed E-state index contributed by atoms with van der Waals surface area (Å²) in [5.74, 6) is 0.635. The van der Waals surface area contributed by atoms with Crippen molar-refractivity contribution in [3.8, 4) is 5.75 Å². The minimum Gasteiger partial charge on any atom is -0.495 e. The van der Waals surface area contributed by atoms with Crippen LogP contribution < -0.4 is 4.74 Å². The SMILES string of the molecule is COCCS(=N)(=O)c1cc(Br)ccc1OC. The molecule has 0 amide bonds. The van der Waals surface area contributed by atoms with E-state index in [1.165, 1.54) is 14.2 Å². The molecule has 0 aromatic heterocycles. The Morgan fingerprint density at radius 1 is 1.44 bits per heavy atom. The molecule has 1 atom stereocenters. The second-order valence-corrected chi connectivity index (χ2v) is 6.28. The van der Waals surface area contributed by atoms with E-state index in [9.17, 15) is 4.21 Å². The van der Waals surface area contributed by atoms with E-state index in [1.54, 1.807) is 18.2 Å². The second-order valence-electron chi connectivity index (χ2n) is 3.17. The summed E-state index contributed by atoms with van der Waals surface area (Å²) in [6, 6.07) is 5.14. The van der Waals surface area contributed by atoms with Crippen molar-refractivity contribution in [1.29, 1.82) is 4.78 Å². The van der Waals surface area contributed by atoms with Gasteiger partial charge in [0.25, 0.3) is 0 Å². The van der Waals surface area contributed by atoms with Gasteiger partial charge in [0.15, 0.2) is 0 Å². The number of ether oxygens (including phenoxy) is 2. The molecule has 1 aromatic rings. The van der Waals surface area contributed by atoms with E-state index >= 15 is 0 Å². The number of rotatable bonds is 5. The lowest BCUT2D eigenvalue weighted by atomic mass is 10.3. The zero-order valence-electron chi connectivity index (χ0n) is 9.16. The van der Waals surface area contributed by atoms with Crippen molar-refractivity contribution in [3.05, 3.63) is 22.7 Å². The van der Waals surface area contributed by atoms with Gasteiger partial charge in [-0.25, -0.2) is 8.99 Å². The summed E-state index contributed by atoms with van der Waals surface area (Å²) in [5.41, 5.74) is 0. The van der Waals surface area contributed by atoms with Crippen LogP contribution in [0, 0.1) is 4.78 Å². The molecule has 16 heavy (non-hydrogen) atoms. The van der Waals surface area contributed by atoms with Gasteiger partial charge in [-0.15, -0.1) is 0 Å². The second kappa shape index (κ2) is 5.65. The first kappa shape index (κ1) is 13.5. The van der Waals surface area contributed by atoms with Crippen LogP contribution in [-0.2, 0) is 14.5 Å². The zero-order valence-corrected chi connectivity index (χ0v) is 11.6. The van der Waals surface area contributed by atoms with E-state index in [1.807, 2.05) is 0 Å². The van der Waals surface area contributed by atoms with E-state index < -0.39 is 9.73 Å². The van der Waals surface area contributed by atoms with Crippen molar-refractivity contribution in [1.82, 2.24) is 0 Å². The van der Waals surface area contributed by atoms with E-state index in [-0.39, 0.29) is 12.4 Å². The molecular weight excluding hydrogens is 294 g/mol. The number of methoxy groups -OCH3 is 2. The monoisotopic (exact) mass is 307 g/mol. The number of hydrogen-bond acceptors (Lipinski definition) is 4. The Morgan fingerprint density at radius 2 is 2.12 bits per heavy atom. The quantitative estimate of drug-likeness (QED) is 0.909. The topological polar surface area (TPSA) is 59.4 Å². The zero-order chi connectivity index (χ0) is 12.2. The summed E-state index contributed by atoms with van der Waals surface area (Å²) in [6.07, 6.45) is 0. The summed E-state index contributed by atoms with van der Waals surface area (Å²) >= 11 is 3.29. The molecule has 0 aliphatic carbocycles. The van der Waals surface area contributed by atoms with Gasteiger partial charge in [-0.3, -0.25) is 0 Å². The Kier molecular flexibility index (Phi) is 4.76. The van der Waals surface area contributed by atoms with Crippen LogP contribution in [0.25, 0.3) is 0 Å². The minimum atomic E-state index is -2.87. The van der Waals surface area contributed by atoms with Gasteiger partial charge in [-0.05, 0) is 18.2 Å². The molecule has 4 nitrogen and oxygen atoms in total. The highest BCUT2D eigenvalue weighted by molar-refractivity contribution is 9.10. The molecule has 6 heteroatoms. The van der Waals surface area contributed by atoms with Gasteiger partial charge in [-0.2, -0.15) is 0 Å². The van der Waals surface area contributed by atoms with Gasteiger partial charge in [-0.1, -0.05) is 15.9 Å². The minimum absolute atomic E-state index is 0.163. The molecule has 0 spiro atoms. The highest BCUT2D eigenvalue weighted by Gasteiger charge is 2.16. The van der Waals surface area contributed by atoms with Crippen LogP contribution in [0.2, 0.25) is 0 Å². The van der Waals surface area contributed by atoms with Gasteiger partial charge in [0.2, 0.25) is 0 Å². The standard InChI is InChI=1S/C10H14BrNO3S/c1-14-5-6-16(12,13)10-7-8(11)3-4-9(10)15-2/h3-4,7,12H,5-6H2,1-2H3. The molecule has 1 N–H and O–H groups in total. The highest BCUT2D eigenvalue weighted by Crippen LogP contribution is 2.28. The lowest BCUT2D eigenvalue weighted by Gasteiger charge is -2.12. The average molecular weight is 308 g/mol. The van der Waals surface area contributed by atoms with Crippen molar-refractivity contribution in [2.45, 2.75) is 4.90 Å². The summed E-state index contributed by atoms with van der Waals surface area (Å²) in [5, 5.41) is 0. The van der Waals surface area contributed by atoms with E-state index in [4.69, 9.17) is 14.3 Å². The molecule has 0 bridgehead atoms. The molecule has 1 rings (SSSR count). The normalized spacial score (nSPS) is 14.4. The van der Waals surface area contributed by atoms with Gasteiger partial charge in [0.1, 0.15) is 5.75 Å². The smallest absolute Gasteiger partial charge is 0.135 e. The molecule has 0 radical (unpaired) electrons. The van der Waals surface area contributed by atoms with Gasteiger partial charge in [0.05, 0.1) is 34.1 Å². The maximum Gasteiger partial charge on any atom is 0.135 e. The fourth-order valence-electron chi connectivity index (χ4n) is 1.22. The number of benzene rings is 1. The first-order valence-electron chi connectivity index (χ1n) is 4.60. The molecule has 90 valence electrons. The molecule has 0 fully saturated rings. The largest absolute Gasteiger partial charge is 0.495 e. The summed E-state index contributed by atoms with van der Waals surface area (Å²) in [4.78, 5) is 0.404. The van der Waals surface area contributed by atoms with Crippen LogP contribution in [0.4, 0.5) is 0 Å². The van der Waals surface area contributed by atoms with Crippen LogP contribution in [0.15, 0.2) is 27.6 Å². The van der Waals surface area contributed by atoms with Crippen molar-refractivity contribution < 1.29 is 13.7 Å². The highest BCUT2D eigenvalue weighted by atomic mass is 79.9. The lowest BCUT2D eigenvalue weighted by molar-refractivity contribution is 0.217. The van der Waals surface area contributed by atoms with Crippen molar-refractivity contribution >= 4 is 25.7 Å². The van der Waals surface area contributed by atoms with Crippen molar-refractivity contribution in [2.24, 2.45) is 0 Å². The molecular formula is C10H14BrNO3S. The first-order chi connectivity index (χ1) is 7.51. The van der Waals surface area contributed by atoms with Crippen LogP contribution in [0.5, 0.6) is 5.75 Å². The number of hydrogen-bond donors (Lipinski definition) is 1. The third kappa shape index (κ3) is 3.20. The van der Waals surface area contributed by atoms with Crippen molar-refractivity contribution in [2.75, 3.05) is 26.6 Å².